The second-order valence-electron chi connectivity index (χ2n) is 4.87. The molecule has 0 unspecified atom stereocenters. The van der Waals surface area contributed by atoms with Crippen molar-refractivity contribution in [2.45, 2.75) is 19.8 Å². The van der Waals surface area contributed by atoms with E-state index in [-0.39, 0.29) is 12.3 Å². The van der Waals surface area contributed by atoms with Gasteiger partial charge in [-0.15, -0.1) is 0 Å². The van der Waals surface area contributed by atoms with Gasteiger partial charge in [0.2, 0.25) is 5.91 Å². The molecule has 0 aliphatic carbocycles. The van der Waals surface area contributed by atoms with Crippen molar-refractivity contribution >= 4 is 46.4 Å². The topological polar surface area (TPSA) is 41.5 Å². The van der Waals surface area contributed by atoms with Gasteiger partial charge in [-0.3, -0.25) is 4.79 Å². The van der Waals surface area contributed by atoms with E-state index in [0.717, 1.165) is 11.1 Å². The van der Waals surface area contributed by atoms with Crippen LogP contribution in [0.3, 0.4) is 0 Å². The van der Waals surface area contributed by atoms with Crippen LogP contribution in [0.25, 0.3) is 0 Å². The Bertz CT molecular complexity index is 727. The van der Waals surface area contributed by atoms with Crippen LogP contribution in [-0.2, 0) is 11.2 Å². The average Bonchev–Trinajstić information content (AvgIpc) is 2.52. The first-order valence-corrected chi connectivity index (χ1v) is 8.18. The molecule has 0 aromatic heterocycles. The van der Waals surface area contributed by atoms with Gasteiger partial charge in [0.05, 0.1) is 17.2 Å². The molecule has 120 valence electrons. The van der Waals surface area contributed by atoms with Crippen LogP contribution in [0.5, 0.6) is 0 Å². The van der Waals surface area contributed by atoms with Crippen LogP contribution in [0, 0.1) is 0 Å². The fourth-order valence-electron chi connectivity index (χ4n) is 2.01. The molecule has 0 fully saturated rings. The number of amides is 1. The number of hydrazone groups is 1. The number of hydrogen-bond acceptors (Lipinski definition) is 2. The second kappa shape index (κ2) is 8.34. The molecule has 0 atom stereocenters. The second-order valence-corrected chi connectivity index (χ2v) is 6.15. The van der Waals surface area contributed by atoms with Gasteiger partial charge in [0.1, 0.15) is 0 Å². The molecule has 2 rings (SSSR count). The van der Waals surface area contributed by atoms with E-state index in [4.69, 9.17) is 34.8 Å². The summed E-state index contributed by atoms with van der Waals surface area (Å²) in [7, 11) is 0. The molecule has 0 spiro atoms. The quantitative estimate of drug-likeness (QED) is 0.577. The molecule has 2 aromatic carbocycles. The Balaban J connectivity index is 2.06. The third-order valence-electron chi connectivity index (χ3n) is 3.17. The lowest BCUT2D eigenvalue weighted by Crippen LogP contribution is -2.21. The zero-order valence-corrected chi connectivity index (χ0v) is 14.7. The Morgan fingerprint density at radius 1 is 1.04 bits per heavy atom. The third-order valence-corrected chi connectivity index (χ3v) is 3.97. The molecule has 0 aliphatic heterocycles. The molecule has 3 nitrogen and oxygen atoms in total. The third kappa shape index (κ3) is 5.24. The summed E-state index contributed by atoms with van der Waals surface area (Å²) in [6.07, 6.45) is 0.856. The monoisotopic (exact) mass is 368 g/mol. The van der Waals surface area contributed by atoms with Gasteiger partial charge in [0, 0.05) is 15.6 Å². The first-order valence-electron chi connectivity index (χ1n) is 7.05. The summed E-state index contributed by atoms with van der Waals surface area (Å²) in [5, 5.41) is 5.88. The normalized spacial score (nSPS) is 11.4. The van der Waals surface area contributed by atoms with Crippen LogP contribution in [0.15, 0.2) is 47.6 Å². The maximum Gasteiger partial charge on any atom is 0.244 e. The van der Waals surface area contributed by atoms with Gasteiger partial charge >= 0.3 is 0 Å². The molecule has 0 saturated carbocycles. The van der Waals surface area contributed by atoms with Gasteiger partial charge < -0.3 is 0 Å². The zero-order valence-electron chi connectivity index (χ0n) is 12.4. The molecule has 6 heteroatoms. The highest BCUT2D eigenvalue weighted by atomic mass is 35.5. The Morgan fingerprint density at radius 3 is 2.30 bits per heavy atom. The van der Waals surface area contributed by atoms with E-state index >= 15 is 0 Å². The molecular formula is C17H15Cl3N2O. The van der Waals surface area contributed by atoms with E-state index in [1.807, 2.05) is 19.1 Å². The molecular weight excluding hydrogens is 355 g/mol. The number of rotatable bonds is 5. The molecule has 0 heterocycles. The lowest BCUT2D eigenvalue weighted by atomic mass is 10.1. The van der Waals surface area contributed by atoms with Crippen LogP contribution in [0.4, 0.5) is 0 Å². The van der Waals surface area contributed by atoms with E-state index in [9.17, 15) is 4.79 Å². The van der Waals surface area contributed by atoms with Crippen molar-refractivity contribution in [3.63, 3.8) is 0 Å². The summed E-state index contributed by atoms with van der Waals surface area (Å²) in [5.41, 5.74) is 4.87. The van der Waals surface area contributed by atoms with Gasteiger partial charge in [0.15, 0.2) is 0 Å². The van der Waals surface area contributed by atoms with Crippen LogP contribution < -0.4 is 5.43 Å². The van der Waals surface area contributed by atoms with Crippen molar-refractivity contribution < 1.29 is 4.79 Å². The number of nitrogens with one attached hydrogen (secondary N) is 1. The SMILES string of the molecule is CCC(=NNC(=O)Cc1ccc(Cl)cc1)c1ccc(Cl)cc1Cl. The summed E-state index contributed by atoms with van der Waals surface area (Å²) >= 11 is 17.9. The van der Waals surface area contributed by atoms with Crippen LogP contribution >= 0.6 is 34.8 Å². The number of hydrogen-bond donors (Lipinski definition) is 1. The summed E-state index contributed by atoms with van der Waals surface area (Å²) in [5.74, 6) is -0.205. The smallest absolute Gasteiger partial charge is 0.244 e. The molecule has 1 amide bonds. The Kier molecular flexibility index (Phi) is 6.46. The van der Waals surface area contributed by atoms with Crippen molar-refractivity contribution in [3.8, 4) is 0 Å². The van der Waals surface area contributed by atoms with Gasteiger partial charge in [-0.2, -0.15) is 5.10 Å². The molecule has 1 N–H and O–H groups in total. The van der Waals surface area contributed by atoms with E-state index in [0.29, 0.717) is 27.2 Å². The molecule has 0 saturated heterocycles. The molecule has 0 aliphatic rings. The number of nitrogens with zero attached hydrogens (tertiary/aromatic N) is 1. The molecule has 23 heavy (non-hydrogen) atoms. The number of halogens is 3. The largest absolute Gasteiger partial charge is 0.273 e. The summed E-state index contributed by atoms with van der Waals surface area (Å²) in [6, 6.07) is 12.3. The van der Waals surface area contributed by atoms with Crippen molar-refractivity contribution in [3.05, 3.63) is 68.7 Å². The zero-order chi connectivity index (χ0) is 16.8. The lowest BCUT2D eigenvalue weighted by Gasteiger charge is -2.08. The Labute approximate surface area is 150 Å². The lowest BCUT2D eigenvalue weighted by molar-refractivity contribution is -0.120. The predicted octanol–water partition coefficient (Wildman–Crippen LogP) is 5.12. The predicted molar refractivity (Wildman–Crippen MR) is 96.6 cm³/mol. The first-order chi connectivity index (χ1) is 11.0. The number of carbonyl (C=O) groups is 1. The molecule has 2 aromatic rings. The summed E-state index contributed by atoms with van der Waals surface area (Å²) < 4.78 is 0. The van der Waals surface area contributed by atoms with Crippen molar-refractivity contribution in [2.24, 2.45) is 5.10 Å². The molecule has 0 radical (unpaired) electrons. The minimum atomic E-state index is -0.205. The fourth-order valence-corrected chi connectivity index (χ4v) is 2.65. The average molecular weight is 370 g/mol. The summed E-state index contributed by atoms with van der Waals surface area (Å²) in [6.45, 7) is 1.94. The number of carbonyl (C=O) groups excluding carboxylic acids is 1. The molecule has 0 bridgehead atoms. The van der Waals surface area contributed by atoms with Crippen molar-refractivity contribution in [1.29, 1.82) is 0 Å². The maximum absolute atomic E-state index is 12.0. The van der Waals surface area contributed by atoms with Crippen molar-refractivity contribution in [2.75, 3.05) is 0 Å². The Hall–Kier alpha value is -1.55. The highest BCUT2D eigenvalue weighted by molar-refractivity contribution is 6.37. The van der Waals surface area contributed by atoms with Crippen LogP contribution in [0.2, 0.25) is 15.1 Å². The van der Waals surface area contributed by atoms with E-state index in [1.165, 1.54) is 0 Å². The fraction of sp³-hybridized carbons (Fsp3) is 0.176. The Morgan fingerprint density at radius 2 is 1.70 bits per heavy atom. The van der Waals surface area contributed by atoms with Gasteiger partial charge in [0.25, 0.3) is 0 Å². The van der Waals surface area contributed by atoms with E-state index < -0.39 is 0 Å². The maximum atomic E-state index is 12.0. The van der Waals surface area contributed by atoms with Crippen molar-refractivity contribution in [1.82, 2.24) is 5.43 Å². The van der Waals surface area contributed by atoms with Gasteiger partial charge in [-0.1, -0.05) is 59.9 Å². The minimum Gasteiger partial charge on any atom is -0.273 e. The highest BCUT2D eigenvalue weighted by Gasteiger charge is 2.09. The van der Waals surface area contributed by atoms with E-state index in [1.54, 1.807) is 30.3 Å². The first kappa shape index (κ1) is 17.8. The highest BCUT2D eigenvalue weighted by Crippen LogP contribution is 2.22. The number of benzene rings is 2. The van der Waals surface area contributed by atoms with Gasteiger partial charge in [-0.05, 0) is 36.2 Å². The minimum absolute atomic E-state index is 0.205. The van der Waals surface area contributed by atoms with Gasteiger partial charge in [-0.25, -0.2) is 5.43 Å². The van der Waals surface area contributed by atoms with E-state index in [2.05, 4.69) is 10.5 Å². The van der Waals surface area contributed by atoms with Crippen LogP contribution in [0.1, 0.15) is 24.5 Å². The standard InChI is InChI=1S/C17H15Cl3N2O/c1-2-16(14-8-7-13(19)10-15(14)20)21-22-17(23)9-11-3-5-12(18)6-4-11/h3-8,10H,2,9H2,1H3,(H,22,23). The summed E-state index contributed by atoms with van der Waals surface area (Å²) in [4.78, 5) is 12.0. The van der Waals surface area contributed by atoms with Crippen LogP contribution in [-0.4, -0.2) is 11.6 Å².